The quantitative estimate of drug-likeness (QED) is 0.201. The Morgan fingerprint density at radius 3 is 1.50 bits per heavy atom. The zero-order valence-electron chi connectivity index (χ0n) is 22.2. The van der Waals surface area contributed by atoms with E-state index < -0.39 is 9.52 Å². The maximum absolute atomic E-state index is 6.12. The number of imidazole rings is 1. The summed E-state index contributed by atoms with van der Waals surface area (Å²) in [5, 5.41) is 1.89. The van der Waals surface area contributed by atoms with Crippen LogP contribution in [0.2, 0.25) is 5.02 Å². The Labute approximate surface area is 245 Å². The van der Waals surface area contributed by atoms with Gasteiger partial charge in [0.15, 0.2) is 0 Å². The molecule has 2 nitrogen and oxygen atoms in total. The molecule has 0 aliphatic rings. The lowest BCUT2D eigenvalue weighted by atomic mass is 9.76. The minimum absolute atomic E-state index is 0.0163. The van der Waals surface area contributed by atoms with Gasteiger partial charge < -0.3 is 4.57 Å². The molecular formula is C35H30BClN2Si. The van der Waals surface area contributed by atoms with Crippen molar-refractivity contribution >= 4 is 34.2 Å². The summed E-state index contributed by atoms with van der Waals surface area (Å²) in [5.41, 5.74) is 4.87. The Bertz CT molecular complexity index is 1480. The highest BCUT2D eigenvalue weighted by molar-refractivity contribution is 6.57. The van der Waals surface area contributed by atoms with Gasteiger partial charge in [-0.1, -0.05) is 150 Å². The monoisotopic (exact) mass is 552 g/mol. The molecule has 0 bridgehead atoms. The van der Waals surface area contributed by atoms with E-state index in [1.165, 1.54) is 16.3 Å². The molecule has 0 saturated carbocycles. The summed E-state index contributed by atoms with van der Waals surface area (Å²) in [6.07, 6.45) is 5.86. The smallest absolute Gasteiger partial charge is 0.0965 e. The van der Waals surface area contributed by atoms with E-state index >= 15 is 0 Å². The molecule has 0 spiro atoms. The minimum Gasteiger partial charge on any atom is -0.326 e. The third kappa shape index (κ3) is 6.36. The average molecular weight is 553 g/mol. The van der Waals surface area contributed by atoms with Crippen LogP contribution in [0.4, 0.5) is 0 Å². The van der Waals surface area contributed by atoms with Gasteiger partial charge in [-0.25, -0.2) is 4.98 Å². The fourth-order valence-electron chi connectivity index (χ4n) is 5.08. The van der Waals surface area contributed by atoms with Gasteiger partial charge in [0.1, 0.15) is 0 Å². The van der Waals surface area contributed by atoms with Crippen molar-refractivity contribution in [3.05, 3.63) is 192 Å². The molecule has 5 aromatic carbocycles. The molecule has 2 radical (unpaired) electrons. The van der Waals surface area contributed by atoms with Gasteiger partial charge in [-0.05, 0) is 40.2 Å². The van der Waals surface area contributed by atoms with Crippen molar-refractivity contribution in [2.24, 2.45) is 0 Å². The van der Waals surface area contributed by atoms with Crippen molar-refractivity contribution in [2.75, 3.05) is 0 Å². The Morgan fingerprint density at radius 2 is 1.07 bits per heavy atom. The fourth-order valence-corrected chi connectivity index (χ4v) is 7.52. The van der Waals surface area contributed by atoms with Crippen molar-refractivity contribution in [3.63, 3.8) is 0 Å². The van der Waals surface area contributed by atoms with Crippen LogP contribution >= 0.6 is 11.6 Å². The van der Waals surface area contributed by atoms with Crippen molar-refractivity contribution in [3.8, 4) is 0 Å². The van der Waals surface area contributed by atoms with Gasteiger partial charge in [0.05, 0.1) is 28.9 Å². The molecule has 194 valence electrons. The number of aromatic nitrogens is 2. The number of hydrogen-bond donors (Lipinski definition) is 0. The van der Waals surface area contributed by atoms with Gasteiger partial charge in [0, 0.05) is 17.4 Å². The maximum Gasteiger partial charge on any atom is 0.0965 e. The normalized spacial score (nSPS) is 11.3. The Kier molecular flexibility index (Phi) is 9.12. The van der Waals surface area contributed by atoms with E-state index in [0.717, 1.165) is 16.1 Å². The summed E-state index contributed by atoms with van der Waals surface area (Å²) in [4.78, 5) is 4.36. The molecule has 0 atom stereocenters. The first-order valence-electron chi connectivity index (χ1n) is 13.4. The van der Waals surface area contributed by atoms with Crippen molar-refractivity contribution in [1.29, 1.82) is 0 Å². The van der Waals surface area contributed by atoms with Crippen LogP contribution in [0.25, 0.3) is 0 Å². The van der Waals surface area contributed by atoms with Crippen LogP contribution in [-0.4, -0.2) is 26.9 Å². The minimum atomic E-state index is -0.821. The number of hydrogen-bond acceptors (Lipinski definition) is 1. The Hall–Kier alpha value is -4.12. The summed E-state index contributed by atoms with van der Waals surface area (Å²) in [5.74, 6) is -0.0163. The lowest BCUT2D eigenvalue weighted by Gasteiger charge is -2.37. The topological polar surface area (TPSA) is 17.8 Å². The predicted octanol–water partition coefficient (Wildman–Crippen LogP) is 6.72. The van der Waals surface area contributed by atoms with E-state index in [9.17, 15) is 0 Å². The number of halogens is 1. The highest BCUT2D eigenvalue weighted by Crippen LogP contribution is 2.33. The van der Waals surface area contributed by atoms with Crippen LogP contribution in [-0.2, 0) is 5.16 Å². The molecule has 5 heteroatoms. The van der Waals surface area contributed by atoms with Gasteiger partial charge in [-0.15, -0.1) is 0 Å². The second-order valence-corrected chi connectivity index (χ2v) is 12.3. The van der Waals surface area contributed by atoms with E-state index in [0.29, 0.717) is 0 Å². The van der Waals surface area contributed by atoms with Gasteiger partial charge in [-0.2, -0.15) is 0 Å². The van der Waals surface area contributed by atoms with E-state index in [1.54, 1.807) is 0 Å². The molecule has 6 aromatic rings. The van der Waals surface area contributed by atoms with Crippen molar-refractivity contribution in [2.45, 2.75) is 11.0 Å². The molecule has 1 aromatic heterocycles. The zero-order valence-corrected chi connectivity index (χ0v) is 24.4. The molecule has 0 aliphatic carbocycles. The zero-order chi connectivity index (χ0) is 27.6. The first-order valence-corrected chi connectivity index (χ1v) is 15.2. The third-order valence-electron chi connectivity index (χ3n) is 7.14. The number of rotatable bonds is 7. The number of benzene rings is 5. The molecule has 0 aliphatic heterocycles. The molecule has 40 heavy (non-hydrogen) atoms. The lowest BCUT2D eigenvalue weighted by molar-refractivity contribution is 0.596. The highest BCUT2D eigenvalue weighted by Gasteiger charge is 2.36. The summed E-state index contributed by atoms with van der Waals surface area (Å²) in [6, 6.07) is 50.0. The maximum atomic E-state index is 6.12. The second kappa shape index (κ2) is 13.3. The first-order chi connectivity index (χ1) is 19.7. The summed E-state index contributed by atoms with van der Waals surface area (Å²) >= 11 is 6.12. The largest absolute Gasteiger partial charge is 0.326 e. The second-order valence-electron chi connectivity index (χ2n) is 9.66. The van der Waals surface area contributed by atoms with Crippen LogP contribution in [0.15, 0.2) is 164 Å². The fraction of sp³-hybridized carbons (Fsp3) is 0.0571. The molecule has 0 saturated heterocycles. The molecule has 0 amide bonds. The lowest BCUT2D eigenvalue weighted by Crippen LogP contribution is -2.46. The van der Waals surface area contributed by atoms with Gasteiger partial charge in [-0.3, -0.25) is 0 Å². The molecule has 6 rings (SSSR count). The predicted molar refractivity (Wildman–Crippen MR) is 171 cm³/mol. The van der Waals surface area contributed by atoms with Gasteiger partial charge >= 0.3 is 0 Å². The van der Waals surface area contributed by atoms with Crippen LogP contribution in [0, 0.1) is 0 Å². The summed E-state index contributed by atoms with van der Waals surface area (Å²) in [7, 11) is 5.29. The highest BCUT2D eigenvalue weighted by atomic mass is 35.5. The van der Waals surface area contributed by atoms with Crippen LogP contribution in [0.5, 0.6) is 0 Å². The molecule has 1 heterocycles. The van der Waals surface area contributed by atoms with E-state index in [4.69, 9.17) is 19.4 Å². The Morgan fingerprint density at radius 1 is 0.625 bits per heavy atom. The standard InChI is InChI=1S/C22H19ClN2Si.C13H11B/c23-20-11-13-21(14-12-20)26-22(25-16-15-24-17-25,18-7-3-1-4-8-18)19-9-5-2-6-10-19;14-13(11-7-3-1-4-8-11)12-9-5-2-6-10-12/h1-17H,26H2;1-10,13H. The van der Waals surface area contributed by atoms with Gasteiger partial charge in [0.2, 0.25) is 0 Å². The van der Waals surface area contributed by atoms with Crippen molar-refractivity contribution in [1.82, 2.24) is 9.55 Å². The van der Waals surface area contributed by atoms with E-state index in [1.807, 2.05) is 61.1 Å². The van der Waals surface area contributed by atoms with E-state index in [2.05, 4.69) is 113 Å². The third-order valence-corrected chi connectivity index (χ3v) is 9.96. The van der Waals surface area contributed by atoms with Gasteiger partial charge in [0.25, 0.3) is 0 Å². The SMILES string of the molecule is Clc1ccc([SiH2]C(c2ccccc2)(c2ccccc2)n2ccnc2)cc1.[B]C(c1ccccc1)c1ccccc1. The average Bonchev–Trinajstić information content (AvgIpc) is 3.58. The Balaban J connectivity index is 0.000000194. The summed E-state index contributed by atoms with van der Waals surface area (Å²) in [6.45, 7) is 0. The molecule has 0 N–H and O–H groups in total. The number of nitrogens with zero attached hydrogens (tertiary/aromatic N) is 2. The van der Waals surface area contributed by atoms with Crippen molar-refractivity contribution < 1.29 is 0 Å². The summed E-state index contributed by atoms with van der Waals surface area (Å²) < 4.78 is 2.26. The van der Waals surface area contributed by atoms with Crippen LogP contribution in [0.3, 0.4) is 0 Å². The van der Waals surface area contributed by atoms with E-state index in [-0.39, 0.29) is 11.0 Å². The molecule has 0 fully saturated rings. The van der Waals surface area contributed by atoms with Crippen LogP contribution in [0.1, 0.15) is 28.1 Å². The molecular weight excluding hydrogens is 523 g/mol. The van der Waals surface area contributed by atoms with Crippen LogP contribution < -0.4 is 5.19 Å². The first kappa shape index (κ1) is 27.4. The molecule has 0 unspecified atom stereocenters.